The van der Waals surface area contributed by atoms with Crippen LogP contribution in [0.5, 0.6) is 0 Å². The van der Waals surface area contributed by atoms with Crippen LogP contribution in [0.25, 0.3) is 0 Å². The van der Waals surface area contributed by atoms with Gasteiger partial charge in [-0.25, -0.2) is 4.98 Å². The monoisotopic (exact) mass is 324 g/mol. The van der Waals surface area contributed by atoms with Crippen LogP contribution in [0.1, 0.15) is 43.1 Å². The summed E-state index contributed by atoms with van der Waals surface area (Å²) in [4.78, 5) is 17.7. The Morgan fingerprint density at radius 2 is 2.14 bits per heavy atom. The molecule has 0 unspecified atom stereocenters. The van der Waals surface area contributed by atoms with Crippen LogP contribution in [0, 0.1) is 5.92 Å². The fraction of sp³-hybridized carbons (Fsp3) is 0.625. The third kappa shape index (κ3) is 4.92. The third-order valence-electron chi connectivity index (χ3n) is 3.87. The lowest BCUT2D eigenvalue weighted by molar-refractivity contribution is 0.0915. The molecule has 1 aromatic heterocycles. The van der Waals surface area contributed by atoms with Gasteiger partial charge in [0.25, 0.3) is 5.91 Å². The van der Waals surface area contributed by atoms with Gasteiger partial charge in [-0.1, -0.05) is 6.92 Å². The maximum atomic E-state index is 12.4. The summed E-state index contributed by atoms with van der Waals surface area (Å²) in [6, 6.07) is 4.19. The highest BCUT2D eigenvalue weighted by Gasteiger charge is 2.23. The molecule has 1 N–H and O–H groups in total. The Balaban J connectivity index is 1.90. The Kier molecular flexibility index (Phi) is 6.90. The second-order valence-corrected chi connectivity index (χ2v) is 7.65. The summed E-state index contributed by atoms with van der Waals surface area (Å²) in [6.07, 6.45) is 8.52. The summed E-state index contributed by atoms with van der Waals surface area (Å²) in [5.74, 6) is 3.01. The molecule has 1 fully saturated rings. The van der Waals surface area contributed by atoms with Crippen LogP contribution >= 0.6 is 23.5 Å². The van der Waals surface area contributed by atoms with Gasteiger partial charge in [0.15, 0.2) is 0 Å². The summed E-state index contributed by atoms with van der Waals surface area (Å²) in [5.41, 5.74) is 0.579. The molecule has 1 aliphatic carbocycles. The number of hydrogen-bond donors (Lipinski definition) is 1. The first-order valence-corrected chi connectivity index (χ1v) is 10.00. The summed E-state index contributed by atoms with van der Waals surface area (Å²) >= 11 is 3.60. The molecular weight excluding hydrogens is 300 g/mol. The number of nitrogens with one attached hydrogen (secondary N) is 1. The molecule has 0 radical (unpaired) electrons. The molecule has 1 saturated carbocycles. The van der Waals surface area contributed by atoms with Crippen molar-refractivity contribution in [2.24, 2.45) is 5.92 Å². The highest BCUT2D eigenvalue weighted by Crippen LogP contribution is 2.27. The van der Waals surface area contributed by atoms with Gasteiger partial charge in [0.1, 0.15) is 5.69 Å². The first kappa shape index (κ1) is 16.7. The molecule has 0 spiro atoms. The summed E-state index contributed by atoms with van der Waals surface area (Å²) in [5, 5.41) is 3.18. The van der Waals surface area contributed by atoms with E-state index in [9.17, 15) is 4.79 Å². The molecule has 116 valence electrons. The number of hydrogen-bond acceptors (Lipinski definition) is 4. The number of aromatic nitrogens is 1. The molecule has 5 heteroatoms. The van der Waals surface area contributed by atoms with E-state index in [2.05, 4.69) is 23.5 Å². The highest BCUT2D eigenvalue weighted by atomic mass is 32.2. The van der Waals surface area contributed by atoms with Crippen molar-refractivity contribution < 1.29 is 4.79 Å². The zero-order valence-corrected chi connectivity index (χ0v) is 14.4. The van der Waals surface area contributed by atoms with E-state index in [1.807, 2.05) is 23.9 Å². The van der Waals surface area contributed by atoms with Crippen molar-refractivity contribution in [2.75, 3.05) is 17.8 Å². The Labute approximate surface area is 136 Å². The first-order valence-electron chi connectivity index (χ1n) is 7.62. The predicted molar refractivity (Wildman–Crippen MR) is 92.2 cm³/mol. The van der Waals surface area contributed by atoms with Crippen molar-refractivity contribution in [2.45, 2.75) is 43.5 Å². The first-order chi connectivity index (χ1) is 10.2. The fourth-order valence-electron chi connectivity index (χ4n) is 2.80. The van der Waals surface area contributed by atoms with Crippen LogP contribution in [-0.4, -0.2) is 34.7 Å². The van der Waals surface area contributed by atoms with Gasteiger partial charge in [-0.2, -0.15) is 11.8 Å². The third-order valence-corrected chi connectivity index (χ3v) is 5.60. The van der Waals surface area contributed by atoms with E-state index >= 15 is 0 Å². The van der Waals surface area contributed by atoms with Crippen LogP contribution in [0.15, 0.2) is 23.2 Å². The Morgan fingerprint density at radius 3 is 2.81 bits per heavy atom. The topological polar surface area (TPSA) is 42.0 Å². The summed E-state index contributed by atoms with van der Waals surface area (Å²) < 4.78 is 0. The molecular formula is C16H24N2OS2. The van der Waals surface area contributed by atoms with E-state index in [4.69, 9.17) is 0 Å². The van der Waals surface area contributed by atoms with Gasteiger partial charge in [-0.3, -0.25) is 4.79 Å². The zero-order valence-electron chi connectivity index (χ0n) is 12.8. The SMILES string of the molecule is CCSc1cccnc1C(=O)NC1CCC(CSC)CC1. The van der Waals surface area contributed by atoms with Crippen LogP contribution in [-0.2, 0) is 0 Å². The minimum Gasteiger partial charge on any atom is -0.348 e. The van der Waals surface area contributed by atoms with Gasteiger partial charge in [0.05, 0.1) is 0 Å². The molecule has 0 saturated heterocycles. The van der Waals surface area contributed by atoms with E-state index < -0.39 is 0 Å². The van der Waals surface area contributed by atoms with Crippen molar-refractivity contribution in [1.82, 2.24) is 10.3 Å². The number of rotatable bonds is 6. The summed E-state index contributed by atoms with van der Waals surface area (Å²) in [6.45, 7) is 2.09. The van der Waals surface area contributed by atoms with Gasteiger partial charge in [-0.15, -0.1) is 11.8 Å². The van der Waals surface area contributed by atoms with Crippen LogP contribution < -0.4 is 5.32 Å². The Hall–Kier alpha value is -0.680. The molecule has 0 aromatic carbocycles. The lowest BCUT2D eigenvalue weighted by atomic mass is 9.87. The van der Waals surface area contributed by atoms with Gasteiger partial charge in [-0.05, 0) is 61.5 Å². The molecule has 1 aromatic rings. The molecule has 3 nitrogen and oxygen atoms in total. The lowest BCUT2D eigenvalue weighted by Gasteiger charge is -2.28. The van der Waals surface area contributed by atoms with E-state index in [0.717, 1.165) is 29.4 Å². The Morgan fingerprint density at radius 1 is 1.38 bits per heavy atom. The van der Waals surface area contributed by atoms with Crippen molar-refractivity contribution in [3.05, 3.63) is 24.0 Å². The highest BCUT2D eigenvalue weighted by molar-refractivity contribution is 7.99. The van der Waals surface area contributed by atoms with Crippen LogP contribution in [0.2, 0.25) is 0 Å². The Bertz CT molecular complexity index is 459. The molecule has 1 aliphatic rings. The maximum Gasteiger partial charge on any atom is 0.271 e. The van der Waals surface area contributed by atoms with Crippen molar-refractivity contribution >= 4 is 29.4 Å². The summed E-state index contributed by atoms with van der Waals surface area (Å²) in [7, 11) is 0. The number of nitrogens with zero attached hydrogens (tertiary/aromatic N) is 1. The number of amides is 1. The van der Waals surface area contributed by atoms with E-state index in [1.165, 1.54) is 18.6 Å². The van der Waals surface area contributed by atoms with Crippen molar-refractivity contribution in [1.29, 1.82) is 0 Å². The molecule has 1 heterocycles. The molecule has 2 rings (SSSR count). The average molecular weight is 325 g/mol. The fourth-order valence-corrected chi connectivity index (χ4v) is 4.37. The number of carbonyl (C=O) groups is 1. The van der Waals surface area contributed by atoms with Crippen molar-refractivity contribution in [3.8, 4) is 0 Å². The average Bonchev–Trinajstić information content (AvgIpc) is 2.50. The van der Waals surface area contributed by atoms with E-state index in [-0.39, 0.29) is 5.91 Å². The largest absolute Gasteiger partial charge is 0.348 e. The normalized spacial score (nSPS) is 22.0. The molecule has 0 aliphatic heterocycles. The number of carbonyl (C=O) groups excluding carboxylic acids is 1. The number of pyridine rings is 1. The second-order valence-electron chi connectivity index (χ2n) is 5.43. The van der Waals surface area contributed by atoms with Crippen LogP contribution in [0.3, 0.4) is 0 Å². The number of thioether (sulfide) groups is 2. The predicted octanol–water partition coefficient (Wildman–Crippen LogP) is 3.85. The van der Waals surface area contributed by atoms with Crippen molar-refractivity contribution in [3.63, 3.8) is 0 Å². The second kappa shape index (κ2) is 8.69. The van der Waals surface area contributed by atoms with Gasteiger partial charge < -0.3 is 5.32 Å². The zero-order chi connectivity index (χ0) is 15.1. The standard InChI is InChI=1S/C16H24N2OS2/c1-3-21-14-5-4-10-17-15(14)16(19)18-13-8-6-12(7-9-13)11-20-2/h4-5,10,12-13H,3,6-9,11H2,1-2H3,(H,18,19). The van der Waals surface area contributed by atoms with Crippen LogP contribution in [0.4, 0.5) is 0 Å². The van der Waals surface area contributed by atoms with Gasteiger partial charge in [0.2, 0.25) is 0 Å². The smallest absolute Gasteiger partial charge is 0.271 e. The quantitative estimate of drug-likeness (QED) is 0.807. The molecule has 0 bridgehead atoms. The maximum absolute atomic E-state index is 12.4. The van der Waals surface area contributed by atoms with E-state index in [0.29, 0.717) is 11.7 Å². The van der Waals surface area contributed by atoms with E-state index in [1.54, 1.807) is 18.0 Å². The molecule has 21 heavy (non-hydrogen) atoms. The minimum atomic E-state index is -0.0140. The van der Waals surface area contributed by atoms with Gasteiger partial charge >= 0.3 is 0 Å². The lowest BCUT2D eigenvalue weighted by Crippen LogP contribution is -2.38. The molecule has 0 atom stereocenters. The molecule has 1 amide bonds. The minimum absolute atomic E-state index is 0.0140. The van der Waals surface area contributed by atoms with Gasteiger partial charge in [0, 0.05) is 17.1 Å².